The van der Waals surface area contributed by atoms with E-state index in [-0.39, 0.29) is 36.2 Å². The van der Waals surface area contributed by atoms with Crippen LogP contribution in [0.5, 0.6) is 0 Å². The lowest BCUT2D eigenvalue weighted by molar-refractivity contribution is -0.165. The second-order valence-corrected chi connectivity index (χ2v) is 14.9. The molecular weight excluding hydrogens is 654 g/mol. The lowest BCUT2D eigenvalue weighted by atomic mass is 9.70. The number of aliphatic hydroxyl groups excluding tert-OH is 1. The number of aliphatic hydroxyl groups is 1. The van der Waals surface area contributed by atoms with Crippen LogP contribution in [0.2, 0.25) is 0 Å². The van der Waals surface area contributed by atoms with Gasteiger partial charge in [-0.25, -0.2) is 0 Å². The Morgan fingerprint density at radius 3 is 2.41 bits per heavy atom. The minimum absolute atomic E-state index is 0.115. The molecule has 3 heterocycles. The van der Waals surface area contributed by atoms with E-state index >= 15 is 0 Å². The Bertz CT molecular complexity index is 1330. The van der Waals surface area contributed by atoms with Gasteiger partial charge in [0, 0.05) is 30.4 Å². The molecule has 4 rings (SSSR count). The van der Waals surface area contributed by atoms with E-state index in [9.17, 15) is 24.3 Å². The van der Waals surface area contributed by atoms with Crippen LogP contribution in [0.3, 0.4) is 0 Å². The van der Waals surface area contributed by atoms with Crippen molar-refractivity contribution in [2.45, 2.75) is 100 Å². The van der Waals surface area contributed by atoms with Crippen LogP contribution >= 0.6 is 15.9 Å². The normalized spacial score (nSPS) is 28.7. The molecule has 252 valence electrons. The zero-order valence-electron chi connectivity index (χ0n) is 27.7. The third-order valence-corrected chi connectivity index (χ3v) is 10.6. The van der Waals surface area contributed by atoms with Crippen molar-refractivity contribution in [2.75, 3.05) is 20.2 Å². The number of likely N-dealkylation sites (N-methyl/N-ethyl adjacent to an activating group) is 1. The maximum absolute atomic E-state index is 14.5. The molecule has 3 aliphatic rings. The topological polar surface area (TPSA) is 117 Å². The number of allylic oxidation sites excluding steroid dienone is 1. The van der Waals surface area contributed by atoms with Gasteiger partial charge < -0.3 is 29.3 Å². The van der Waals surface area contributed by atoms with Gasteiger partial charge in [0.1, 0.15) is 17.7 Å². The first-order valence-electron chi connectivity index (χ1n) is 16.0. The molecule has 0 aromatic heterocycles. The summed E-state index contributed by atoms with van der Waals surface area (Å²) in [5.74, 6) is -3.50. The van der Waals surface area contributed by atoms with Crippen molar-refractivity contribution in [3.63, 3.8) is 0 Å². The molecule has 1 N–H and O–H groups in total. The van der Waals surface area contributed by atoms with Crippen molar-refractivity contribution in [2.24, 2.45) is 11.8 Å². The summed E-state index contributed by atoms with van der Waals surface area (Å²) < 4.78 is 12.9. The highest BCUT2D eigenvalue weighted by Gasteiger charge is 2.77. The molecule has 46 heavy (non-hydrogen) atoms. The summed E-state index contributed by atoms with van der Waals surface area (Å²) in [4.78, 5) is 60.5. The van der Waals surface area contributed by atoms with E-state index in [0.717, 1.165) is 0 Å². The third-order valence-electron chi connectivity index (χ3n) is 9.74. The standard InChI is InChI=1S/C35H48BrN3O7/c1-9-11-17-25(41)37(8)22(4)28(23-15-13-12-14-16-23)45-33(44)26-27-31(42)39(21(3)20-40)30(35(27)19-24(36)29(26)46-35)32(43)38(18-10-2)34(5,6)7/h9-10,12-16,21-22,24,26-30,40H,1-2,11,17-20H2,3-8H3/t21-,22+,24?,26+,27-,28-,29+,30+,35-/m1/s1. The molecule has 11 heteroatoms. The molecule has 1 unspecified atom stereocenters. The number of hydrogen-bond donors (Lipinski definition) is 1. The van der Waals surface area contributed by atoms with Crippen molar-refractivity contribution in [3.05, 3.63) is 61.2 Å². The van der Waals surface area contributed by atoms with Gasteiger partial charge in [0.15, 0.2) is 0 Å². The SMILES string of the molecule is C=CCCC(=O)N(C)[C@@H](C)[C@@H](OC(=O)[C@@H]1[C@H]2O[C@@]3(CC2Br)[C@H](C(=O)N(CC=C)C(C)(C)C)N([C@H](C)CO)C(=O)[C@@H]13)c1ccccc1. The zero-order valence-corrected chi connectivity index (χ0v) is 29.3. The summed E-state index contributed by atoms with van der Waals surface area (Å²) in [5.41, 5.74) is -1.21. The van der Waals surface area contributed by atoms with Crippen LogP contribution in [0.4, 0.5) is 0 Å². The number of carbonyl (C=O) groups is 4. The average Bonchev–Trinajstić information content (AvgIpc) is 3.62. The Morgan fingerprint density at radius 1 is 1.20 bits per heavy atom. The van der Waals surface area contributed by atoms with Crippen molar-refractivity contribution < 1.29 is 33.8 Å². The van der Waals surface area contributed by atoms with Crippen molar-refractivity contribution in [1.29, 1.82) is 0 Å². The quantitative estimate of drug-likeness (QED) is 0.188. The fourth-order valence-corrected chi connectivity index (χ4v) is 8.22. The highest BCUT2D eigenvalue weighted by molar-refractivity contribution is 9.09. The molecule has 3 fully saturated rings. The molecule has 1 spiro atoms. The molecule has 3 saturated heterocycles. The van der Waals surface area contributed by atoms with E-state index in [2.05, 4.69) is 29.1 Å². The second-order valence-electron chi connectivity index (χ2n) is 13.7. The summed E-state index contributed by atoms with van der Waals surface area (Å²) >= 11 is 3.71. The molecule has 10 nitrogen and oxygen atoms in total. The largest absolute Gasteiger partial charge is 0.455 e. The number of fused-ring (bicyclic) bond motifs is 1. The first kappa shape index (κ1) is 35.8. The van der Waals surface area contributed by atoms with Gasteiger partial charge in [0.25, 0.3) is 0 Å². The van der Waals surface area contributed by atoms with Gasteiger partial charge in [-0.3, -0.25) is 19.2 Å². The predicted molar refractivity (Wildman–Crippen MR) is 178 cm³/mol. The fraction of sp³-hybridized carbons (Fsp3) is 0.600. The van der Waals surface area contributed by atoms with Crippen molar-refractivity contribution in [3.8, 4) is 0 Å². The Morgan fingerprint density at radius 2 is 1.85 bits per heavy atom. The number of hydrogen-bond acceptors (Lipinski definition) is 7. The summed E-state index contributed by atoms with van der Waals surface area (Å²) in [5, 5.41) is 10.2. The highest BCUT2D eigenvalue weighted by atomic mass is 79.9. The van der Waals surface area contributed by atoms with E-state index in [0.29, 0.717) is 18.4 Å². The van der Waals surface area contributed by atoms with E-state index < -0.39 is 65.2 Å². The minimum Gasteiger partial charge on any atom is -0.455 e. The maximum atomic E-state index is 14.5. The van der Waals surface area contributed by atoms with Crippen LogP contribution in [0.1, 0.15) is 65.5 Å². The van der Waals surface area contributed by atoms with Crippen LogP contribution in [0, 0.1) is 11.8 Å². The summed E-state index contributed by atoms with van der Waals surface area (Å²) in [6.45, 7) is 16.6. The van der Waals surface area contributed by atoms with E-state index in [1.165, 1.54) is 4.90 Å². The van der Waals surface area contributed by atoms with Gasteiger partial charge in [0.05, 0.1) is 36.6 Å². The number of amides is 3. The smallest absolute Gasteiger partial charge is 0.313 e. The number of likely N-dealkylation sites (tertiary alicyclic amines) is 1. The molecule has 3 aliphatic heterocycles. The summed E-state index contributed by atoms with van der Waals surface area (Å²) in [6, 6.07) is 6.90. The fourth-order valence-electron chi connectivity index (χ4n) is 7.27. The van der Waals surface area contributed by atoms with E-state index in [1.54, 1.807) is 35.9 Å². The molecule has 0 aliphatic carbocycles. The zero-order chi connectivity index (χ0) is 34.1. The van der Waals surface area contributed by atoms with Gasteiger partial charge in [-0.05, 0) is 53.0 Å². The van der Waals surface area contributed by atoms with Crippen LogP contribution in [0.25, 0.3) is 0 Å². The molecule has 1 aromatic rings. The van der Waals surface area contributed by atoms with Gasteiger partial charge in [-0.1, -0.05) is 58.4 Å². The Kier molecular flexibility index (Phi) is 10.9. The number of carbonyl (C=O) groups excluding carboxylic acids is 4. The van der Waals surface area contributed by atoms with Crippen LogP contribution in [0.15, 0.2) is 55.6 Å². The van der Waals surface area contributed by atoms with Crippen molar-refractivity contribution >= 4 is 39.6 Å². The number of esters is 1. The van der Waals surface area contributed by atoms with Gasteiger partial charge in [-0.15, -0.1) is 13.2 Å². The number of ether oxygens (including phenoxy) is 2. The summed E-state index contributed by atoms with van der Waals surface area (Å²) in [6.07, 6.45) is 2.89. The molecule has 0 radical (unpaired) electrons. The lowest BCUT2D eigenvalue weighted by Gasteiger charge is -2.43. The Balaban J connectivity index is 1.74. The average molecular weight is 703 g/mol. The second kappa shape index (κ2) is 14.0. The number of alkyl halides is 1. The molecule has 1 aromatic carbocycles. The first-order valence-corrected chi connectivity index (χ1v) is 16.9. The monoisotopic (exact) mass is 701 g/mol. The molecule has 2 bridgehead atoms. The van der Waals surface area contributed by atoms with Crippen molar-refractivity contribution in [1.82, 2.24) is 14.7 Å². The lowest BCUT2D eigenvalue weighted by Crippen LogP contribution is -2.61. The molecular formula is C35H48BrN3O7. The third kappa shape index (κ3) is 6.30. The predicted octanol–water partition coefficient (Wildman–Crippen LogP) is 4.03. The Labute approximate surface area is 280 Å². The van der Waals surface area contributed by atoms with Crippen LogP contribution in [-0.2, 0) is 28.7 Å². The first-order chi connectivity index (χ1) is 21.7. The number of nitrogens with zero attached hydrogens (tertiary/aromatic N) is 3. The van der Waals surface area contributed by atoms with Gasteiger partial charge >= 0.3 is 5.97 Å². The van der Waals surface area contributed by atoms with E-state index in [4.69, 9.17) is 9.47 Å². The number of halogens is 1. The molecule has 0 saturated carbocycles. The summed E-state index contributed by atoms with van der Waals surface area (Å²) in [7, 11) is 1.68. The van der Waals surface area contributed by atoms with E-state index in [1.807, 2.05) is 58.0 Å². The Hall–Kier alpha value is -3.02. The molecule has 3 amide bonds. The van der Waals surface area contributed by atoms with Gasteiger partial charge in [-0.2, -0.15) is 0 Å². The number of benzene rings is 1. The van der Waals surface area contributed by atoms with Crippen LogP contribution in [-0.4, -0.2) is 104 Å². The molecule has 9 atom stereocenters. The minimum atomic E-state index is -1.31. The number of rotatable bonds is 13. The van der Waals surface area contributed by atoms with Crippen LogP contribution < -0.4 is 0 Å². The maximum Gasteiger partial charge on any atom is 0.313 e. The van der Waals surface area contributed by atoms with Gasteiger partial charge in [0.2, 0.25) is 17.7 Å². The highest BCUT2D eigenvalue weighted by Crippen LogP contribution is 2.61.